The summed E-state index contributed by atoms with van der Waals surface area (Å²) in [6, 6.07) is 0. The number of carbonyl (C=O) groups excluding carboxylic acids is 1. The molecule has 0 radical (unpaired) electrons. The fourth-order valence-electron chi connectivity index (χ4n) is 1.59. The Morgan fingerprint density at radius 3 is 3.21 bits per heavy atom. The lowest BCUT2D eigenvalue weighted by atomic mass is 10.1. The topological polar surface area (TPSA) is 57.0 Å². The standard InChI is InChI=1S/C9H13N3O2/c1-12-10-6-8(11-12)9(13)5-7-3-2-4-14-7/h6-7H,2-5H2,1H3. The number of aryl methyl sites for hydroxylation is 1. The Morgan fingerprint density at radius 1 is 1.79 bits per heavy atom. The molecule has 1 aromatic heterocycles. The van der Waals surface area contributed by atoms with E-state index >= 15 is 0 Å². The van der Waals surface area contributed by atoms with Crippen LogP contribution < -0.4 is 0 Å². The second-order valence-corrected chi connectivity index (χ2v) is 3.48. The van der Waals surface area contributed by atoms with Gasteiger partial charge in [-0.25, -0.2) is 0 Å². The molecule has 1 atom stereocenters. The number of nitrogens with zero attached hydrogens (tertiary/aromatic N) is 3. The lowest BCUT2D eigenvalue weighted by Gasteiger charge is -2.05. The molecule has 0 aromatic carbocycles. The first kappa shape index (κ1) is 9.33. The van der Waals surface area contributed by atoms with Gasteiger partial charge in [-0.15, -0.1) is 0 Å². The van der Waals surface area contributed by atoms with Crippen LogP contribution in [0.15, 0.2) is 6.20 Å². The van der Waals surface area contributed by atoms with Crippen molar-refractivity contribution >= 4 is 5.78 Å². The highest BCUT2D eigenvalue weighted by Crippen LogP contribution is 2.16. The molecule has 5 heteroatoms. The van der Waals surface area contributed by atoms with Crippen LogP contribution in [0.5, 0.6) is 0 Å². The first-order valence-electron chi connectivity index (χ1n) is 4.77. The van der Waals surface area contributed by atoms with Crippen LogP contribution in [-0.4, -0.2) is 33.5 Å². The molecule has 1 fully saturated rings. The highest BCUT2D eigenvalue weighted by molar-refractivity contribution is 5.94. The average molecular weight is 195 g/mol. The number of aromatic nitrogens is 3. The third-order valence-corrected chi connectivity index (χ3v) is 2.32. The lowest BCUT2D eigenvalue weighted by Crippen LogP contribution is -2.13. The van der Waals surface area contributed by atoms with Gasteiger partial charge in [0.1, 0.15) is 5.69 Å². The molecule has 0 bridgehead atoms. The monoisotopic (exact) mass is 195 g/mol. The van der Waals surface area contributed by atoms with Crippen molar-refractivity contribution in [1.29, 1.82) is 0 Å². The van der Waals surface area contributed by atoms with Crippen LogP contribution in [0.4, 0.5) is 0 Å². The second kappa shape index (κ2) is 3.88. The third-order valence-electron chi connectivity index (χ3n) is 2.32. The van der Waals surface area contributed by atoms with Crippen molar-refractivity contribution in [2.45, 2.75) is 25.4 Å². The zero-order valence-corrected chi connectivity index (χ0v) is 8.14. The largest absolute Gasteiger partial charge is 0.378 e. The number of rotatable bonds is 3. The number of ketones is 1. The van der Waals surface area contributed by atoms with Crippen LogP contribution in [-0.2, 0) is 11.8 Å². The van der Waals surface area contributed by atoms with E-state index in [1.165, 1.54) is 11.0 Å². The average Bonchev–Trinajstić information content (AvgIpc) is 2.75. The normalized spacial score (nSPS) is 21.4. The van der Waals surface area contributed by atoms with Crippen molar-refractivity contribution in [2.24, 2.45) is 7.05 Å². The van der Waals surface area contributed by atoms with Gasteiger partial charge in [-0.2, -0.15) is 15.0 Å². The van der Waals surface area contributed by atoms with E-state index in [-0.39, 0.29) is 11.9 Å². The Balaban J connectivity index is 1.95. The van der Waals surface area contributed by atoms with Gasteiger partial charge in [0.2, 0.25) is 0 Å². The molecular weight excluding hydrogens is 182 g/mol. The fourth-order valence-corrected chi connectivity index (χ4v) is 1.59. The molecule has 2 heterocycles. The third kappa shape index (κ3) is 1.98. The molecule has 1 saturated heterocycles. The van der Waals surface area contributed by atoms with Crippen LogP contribution in [0.3, 0.4) is 0 Å². The second-order valence-electron chi connectivity index (χ2n) is 3.48. The van der Waals surface area contributed by atoms with Gasteiger partial charge in [0.05, 0.1) is 12.3 Å². The van der Waals surface area contributed by atoms with Crippen LogP contribution in [0, 0.1) is 0 Å². The predicted octanol–water partition coefficient (Wildman–Crippen LogP) is 0.567. The number of hydrogen-bond acceptors (Lipinski definition) is 4. The van der Waals surface area contributed by atoms with Gasteiger partial charge in [0, 0.05) is 20.1 Å². The van der Waals surface area contributed by atoms with E-state index in [0.717, 1.165) is 19.4 Å². The maximum absolute atomic E-state index is 11.6. The Kier molecular flexibility index (Phi) is 2.58. The molecule has 14 heavy (non-hydrogen) atoms. The van der Waals surface area contributed by atoms with Crippen LogP contribution >= 0.6 is 0 Å². The van der Waals surface area contributed by atoms with Gasteiger partial charge in [-0.1, -0.05) is 0 Å². The Bertz CT molecular complexity index is 329. The summed E-state index contributed by atoms with van der Waals surface area (Å²) in [6.07, 6.45) is 4.05. The summed E-state index contributed by atoms with van der Waals surface area (Å²) >= 11 is 0. The molecule has 0 aliphatic carbocycles. The SMILES string of the molecule is Cn1ncc(C(=O)CC2CCCO2)n1. The molecule has 1 aliphatic heterocycles. The zero-order valence-electron chi connectivity index (χ0n) is 8.14. The molecule has 2 rings (SSSR count). The summed E-state index contributed by atoms with van der Waals surface area (Å²) in [5, 5.41) is 7.81. The zero-order chi connectivity index (χ0) is 9.97. The fraction of sp³-hybridized carbons (Fsp3) is 0.667. The molecule has 0 saturated carbocycles. The summed E-state index contributed by atoms with van der Waals surface area (Å²) in [5.74, 6) is 0.0185. The van der Waals surface area contributed by atoms with E-state index in [9.17, 15) is 4.79 Å². The first-order valence-corrected chi connectivity index (χ1v) is 4.77. The van der Waals surface area contributed by atoms with Gasteiger partial charge >= 0.3 is 0 Å². The minimum Gasteiger partial charge on any atom is -0.378 e. The summed E-state index contributed by atoms with van der Waals surface area (Å²) in [7, 11) is 1.70. The van der Waals surface area contributed by atoms with E-state index in [1.54, 1.807) is 7.05 Å². The minimum atomic E-state index is 0.0185. The summed E-state index contributed by atoms with van der Waals surface area (Å²) in [4.78, 5) is 13.0. The van der Waals surface area contributed by atoms with E-state index in [1.807, 2.05) is 0 Å². The quantitative estimate of drug-likeness (QED) is 0.661. The van der Waals surface area contributed by atoms with Gasteiger partial charge in [0.15, 0.2) is 5.78 Å². The van der Waals surface area contributed by atoms with Crippen LogP contribution in [0.1, 0.15) is 29.8 Å². The number of Topliss-reactive ketones (excluding diaryl/α,β-unsaturated/α-hetero) is 1. The Hall–Kier alpha value is -1.23. The molecule has 1 aliphatic rings. The molecule has 0 amide bonds. The highest BCUT2D eigenvalue weighted by atomic mass is 16.5. The van der Waals surface area contributed by atoms with E-state index in [4.69, 9.17) is 4.74 Å². The van der Waals surface area contributed by atoms with Gasteiger partial charge in [-0.3, -0.25) is 4.79 Å². The highest BCUT2D eigenvalue weighted by Gasteiger charge is 2.21. The van der Waals surface area contributed by atoms with Crippen molar-refractivity contribution in [3.63, 3.8) is 0 Å². The Morgan fingerprint density at radius 2 is 2.64 bits per heavy atom. The first-order chi connectivity index (χ1) is 6.75. The molecular formula is C9H13N3O2. The van der Waals surface area contributed by atoms with Crippen molar-refractivity contribution in [3.8, 4) is 0 Å². The number of ether oxygens (including phenoxy) is 1. The number of carbonyl (C=O) groups is 1. The molecule has 1 aromatic rings. The molecule has 5 nitrogen and oxygen atoms in total. The van der Waals surface area contributed by atoms with Gasteiger partial charge in [-0.05, 0) is 12.8 Å². The van der Waals surface area contributed by atoms with E-state index in [2.05, 4.69) is 10.2 Å². The summed E-state index contributed by atoms with van der Waals surface area (Å²) in [5.41, 5.74) is 0.433. The molecule has 76 valence electrons. The summed E-state index contributed by atoms with van der Waals surface area (Å²) < 4.78 is 5.38. The minimum absolute atomic E-state index is 0.0185. The molecule has 1 unspecified atom stereocenters. The van der Waals surface area contributed by atoms with Crippen molar-refractivity contribution in [2.75, 3.05) is 6.61 Å². The summed E-state index contributed by atoms with van der Waals surface area (Å²) in [6.45, 7) is 0.776. The van der Waals surface area contributed by atoms with Gasteiger partial charge in [0.25, 0.3) is 0 Å². The van der Waals surface area contributed by atoms with Crippen molar-refractivity contribution in [3.05, 3.63) is 11.9 Å². The maximum atomic E-state index is 11.6. The maximum Gasteiger partial charge on any atom is 0.187 e. The number of hydrogen-bond donors (Lipinski definition) is 0. The van der Waals surface area contributed by atoms with Crippen LogP contribution in [0.2, 0.25) is 0 Å². The predicted molar refractivity (Wildman–Crippen MR) is 48.9 cm³/mol. The molecule has 0 N–H and O–H groups in total. The van der Waals surface area contributed by atoms with Crippen LogP contribution in [0.25, 0.3) is 0 Å². The smallest absolute Gasteiger partial charge is 0.187 e. The van der Waals surface area contributed by atoms with Crippen molar-refractivity contribution in [1.82, 2.24) is 15.0 Å². The van der Waals surface area contributed by atoms with Crippen molar-refractivity contribution < 1.29 is 9.53 Å². The van der Waals surface area contributed by atoms with E-state index in [0.29, 0.717) is 12.1 Å². The lowest BCUT2D eigenvalue weighted by molar-refractivity contribution is 0.0771. The van der Waals surface area contributed by atoms with Gasteiger partial charge < -0.3 is 4.74 Å². The van der Waals surface area contributed by atoms with E-state index < -0.39 is 0 Å². The molecule has 0 spiro atoms. The Labute approximate surface area is 82.1 Å².